The molecule has 0 spiro atoms. The summed E-state index contributed by atoms with van der Waals surface area (Å²) < 4.78 is 10.8. The molecule has 2 aromatic rings. The summed E-state index contributed by atoms with van der Waals surface area (Å²) in [5.41, 5.74) is 1.77. The number of rotatable bonds is 5. The van der Waals surface area contributed by atoms with Crippen molar-refractivity contribution in [2.75, 3.05) is 38.2 Å². The fourth-order valence-corrected chi connectivity index (χ4v) is 3.54. The molecule has 1 aliphatic rings. The van der Waals surface area contributed by atoms with Gasteiger partial charge in [0.25, 0.3) is 11.8 Å². The monoisotopic (exact) mass is 422 g/mol. The second-order valence-corrected chi connectivity index (χ2v) is 7.20. The summed E-state index contributed by atoms with van der Waals surface area (Å²) in [6.45, 7) is 3.77. The number of nitrogens with zero attached hydrogens (tertiary/aromatic N) is 1. The van der Waals surface area contributed by atoms with Gasteiger partial charge in [-0.05, 0) is 42.8 Å². The van der Waals surface area contributed by atoms with E-state index in [1.54, 1.807) is 48.2 Å². The highest BCUT2D eigenvalue weighted by molar-refractivity contribution is 6.35. The van der Waals surface area contributed by atoms with Crippen molar-refractivity contribution >= 4 is 40.7 Å². The second kappa shape index (κ2) is 9.28. The smallest absolute Gasteiger partial charge is 0.262 e. The van der Waals surface area contributed by atoms with E-state index in [0.717, 1.165) is 5.56 Å². The van der Waals surface area contributed by atoms with Gasteiger partial charge in [-0.3, -0.25) is 9.59 Å². The lowest BCUT2D eigenvalue weighted by atomic mass is 10.1. The quantitative estimate of drug-likeness (QED) is 0.795. The van der Waals surface area contributed by atoms with Crippen molar-refractivity contribution < 1.29 is 19.1 Å². The van der Waals surface area contributed by atoms with Crippen LogP contribution < -0.4 is 10.1 Å². The number of nitrogens with one attached hydrogen (secondary N) is 1. The van der Waals surface area contributed by atoms with Crippen LogP contribution in [0.15, 0.2) is 36.4 Å². The van der Waals surface area contributed by atoms with Crippen LogP contribution in [0.5, 0.6) is 5.75 Å². The van der Waals surface area contributed by atoms with Gasteiger partial charge in [0.15, 0.2) is 6.61 Å². The number of hydrogen-bond acceptors (Lipinski definition) is 4. The number of ether oxygens (including phenoxy) is 2. The minimum absolute atomic E-state index is 0.0841. The molecule has 0 aliphatic carbocycles. The molecule has 0 aromatic heterocycles. The van der Waals surface area contributed by atoms with Crippen molar-refractivity contribution in [1.29, 1.82) is 0 Å². The SMILES string of the molecule is Cc1cc(Cl)cc(Cl)c1OCC(=O)Nc1cccc(C(=O)N2CCOCC2)c1. The molecule has 28 heavy (non-hydrogen) atoms. The van der Waals surface area contributed by atoms with Crippen LogP contribution in [0.2, 0.25) is 10.0 Å². The predicted molar refractivity (Wildman–Crippen MR) is 108 cm³/mol. The number of aryl methyl sites for hydroxylation is 1. The first-order chi connectivity index (χ1) is 13.4. The summed E-state index contributed by atoms with van der Waals surface area (Å²) in [4.78, 5) is 26.5. The standard InChI is InChI=1S/C20H20Cl2N2O4/c1-13-9-15(21)11-17(22)19(13)28-12-18(25)23-16-4-2-3-14(10-16)20(26)24-5-7-27-8-6-24/h2-4,9-11H,5-8,12H2,1H3,(H,23,25). The number of anilines is 1. The van der Waals surface area contributed by atoms with Gasteiger partial charge in [-0.1, -0.05) is 29.3 Å². The molecule has 3 rings (SSSR count). The van der Waals surface area contributed by atoms with Crippen LogP contribution in [0.1, 0.15) is 15.9 Å². The molecule has 148 valence electrons. The van der Waals surface area contributed by atoms with Gasteiger partial charge in [0.1, 0.15) is 5.75 Å². The van der Waals surface area contributed by atoms with Gasteiger partial charge < -0.3 is 19.7 Å². The average Bonchev–Trinajstić information content (AvgIpc) is 2.67. The van der Waals surface area contributed by atoms with E-state index >= 15 is 0 Å². The largest absolute Gasteiger partial charge is 0.482 e. The van der Waals surface area contributed by atoms with Crippen molar-refractivity contribution in [3.63, 3.8) is 0 Å². The molecule has 1 fully saturated rings. The summed E-state index contributed by atoms with van der Waals surface area (Å²) in [7, 11) is 0. The van der Waals surface area contributed by atoms with Gasteiger partial charge in [0.2, 0.25) is 0 Å². The Morgan fingerprint density at radius 1 is 1.18 bits per heavy atom. The lowest BCUT2D eigenvalue weighted by molar-refractivity contribution is -0.118. The summed E-state index contributed by atoms with van der Waals surface area (Å²) in [5.74, 6) is -0.0296. The van der Waals surface area contributed by atoms with E-state index in [0.29, 0.717) is 53.3 Å². The molecule has 8 heteroatoms. The maximum Gasteiger partial charge on any atom is 0.262 e. The zero-order chi connectivity index (χ0) is 20.1. The highest BCUT2D eigenvalue weighted by Crippen LogP contribution is 2.31. The van der Waals surface area contributed by atoms with Crippen LogP contribution in [0, 0.1) is 6.92 Å². The van der Waals surface area contributed by atoms with Gasteiger partial charge >= 0.3 is 0 Å². The summed E-state index contributed by atoms with van der Waals surface area (Å²) in [5, 5.41) is 3.58. The van der Waals surface area contributed by atoms with Crippen molar-refractivity contribution in [2.24, 2.45) is 0 Å². The van der Waals surface area contributed by atoms with Gasteiger partial charge in [-0.2, -0.15) is 0 Å². The summed E-state index contributed by atoms with van der Waals surface area (Å²) in [6.07, 6.45) is 0. The zero-order valence-corrected chi connectivity index (χ0v) is 16.8. The molecule has 1 saturated heterocycles. The van der Waals surface area contributed by atoms with E-state index in [9.17, 15) is 9.59 Å². The zero-order valence-electron chi connectivity index (χ0n) is 15.3. The first-order valence-corrected chi connectivity index (χ1v) is 9.55. The predicted octanol–water partition coefficient (Wildman–Crippen LogP) is 3.79. The second-order valence-electron chi connectivity index (χ2n) is 6.36. The van der Waals surface area contributed by atoms with Crippen molar-refractivity contribution in [3.8, 4) is 5.75 Å². The Balaban J connectivity index is 1.61. The van der Waals surface area contributed by atoms with Crippen LogP contribution in [0.4, 0.5) is 5.69 Å². The van der Waals surface area contributed by atoms with E-state index in [-0.39, 0.29) is 18.4 Å². The molecule has 0 unspecified atom stereocenters. The van der Waals surface area contributed by atoms with Gasteiger partial charge in [-0.15, -0.1) is 0 Å². The molecule has 0 saturated carbocycles. The summed E-state index contributed by atoms with van der Waals surface area (Å²) in [6, 6.07) is 10.1. The molecule has 6 nitrogen and oxygen atoms in total. The fourth-order valence-electron chi connectivity index (χ4n) is 2.89. The minimum atomic E-state index is -0.360. The normalized spacial score (nSPS) is 13.9. The fraction of sp³-hybridized carbons (Fsp3) is 0.300. The molecular formula is C20H20Cl2N2O4. The van der Waals surface area contributed by atoms with Crippen LogP contribution in [-0.2, 0) is 9.53 Å². The first-order valence-electron chi connectivity index (χ1n) is 8.79. The van der Waals surface area contributed by atoms with E-state index in [1.165, 1.54) is 0 Å². The third-order valence-electron chi connectivity index (χ3n) is 4.23. The molecule has 0 atom stereocenters. The maximum absolute atomic E-state index is 12.6. The number of hydrogen-bond donors (Lipinski definition) is 1. The van der Waals surface area contributed by atoms with Gasteiger partial charge in [0.05, 0.1) is 18.2 Å². The number of morpholine rings is 1. The summed E-state index contributed by atoms with van der Waals surface area (Å²) >= 11 is 12.0. The van der Waals surface area contributed by atoms with E-state index in [4.69, 9.17) is 32.7 Å². The Bertz CT molecular complexity index is 859. The number of halogens is 2. The first kappa shape index (κ1) is 20.5. The molecule has 2 aromatic carbocycles. The Kier molecular flexibility index (Phi) is 6.78. The van der Waals surface area contributed by atoms with Crippen molar-refractivity contribution in [3.05, 3.63) is 57.6 Å². The minimum Gasteiger partial charge on any atom is -0.482 e. The number of carbonyl (C=O) groups excluding carboxylic acids is 2. The van der Waals surface area contributed by atoms with Crippen LogP contribution >= 0.6 is 23.2 Å². The molecule has 0 radical (unpaired) electrons. The highest BCUT2D eigenvalue weighted by Gasteiger charge is 2.19. The molecule has 1 aliphatic heterocycles. The maximum atomic E-state index is 12.6. The third kappa shape index (κ3) is 5.16. The van der Waals surface area contributed by atoms with Crippen LogP contribution in [-0.4, -0.2) is 49.6 Å². The van der Waals surface area contributed by atoms with E-state index in [2.05, 4.69) is 5.32 Å². The highest BCUT2D eigenvalue weighted by atomic mass is 35.5. The van der Waals surface area contributed by atoms with Crippen molar-refractivity contribution in [1.82, 2.24) is 4.90 Å². The van der Waals surface area contributed by atoms with E-state index in [1.807, 2.05) is 0 Å². The van der Waals surface area contributed by atoms with Gasteiger partial charge in [-0.25, -0.2) is 0 Å². The number of benzene rings is 2. The Hall–Kier alpha value is -2.28. The van der Waals surface area contributed by atoms with Crippen LogP contribution in [0.25, 0.3) is 0 Å². The van der Waals surface area contributed by atoms with Crippen molar-refractivity contribution in [2.45, 2.75) is 6.92 Å². The van der Waals surface area contributed by atoms with E-state index < -0.39 is 0 Å². The lowest BCUT2D eigenvalue weighted by Crippen LogP contribution is -2.40. The average molecular weight is 423 g/mol. The molecular weight excluding hydrogens is 403 g/mol. The van der Waals surface area contributed by atoms with Crippen LogP contribution in [0.3, 0.4) is 0 Å². The number of carbonyl (C=O) groups is 2. The Morgan fingerprint density at radius 2 is 1.93 bits per heavy atom. The molecule has 1 N–H and O–H groups in total. The van der Waals surface area contributed by atoms with Gasteiger partial charge in [0, 0.05) is 29.4 Å². The third-order valence-corrected chi connectivity index (χ3v) is 4.73. The Labute approximate surface area is 173 Å². The topological polar surface area (TPSA) is 67.9 Å². The Morgan fingerprint density at radius 3 is 2.64 bits per heavy atom. The molecule has 1 heterocycles. The number of amides is 2. The molecule has 0 bridgehead atoms. The molecule has 2 amide bonds. The lowest BCUT2D eigenvalue weighted by Gasteiger charge is -2.27.